The maximum absolute atomic E-state index is 12.5. The molecule has 11 heteroatoms. The minimum absolute atomic E-state index is 0.390. The Morgan fingerprint density at radius 3 is 2.41 bits per heavy atom. The second kappa shape index (κ2) is 4.58. The Hall–Kier alpha value is -1.20. The predicted molar refractivity (Wildman–Crippen MR) is 54.9 cm³/mol. The van der Waals surface area contributed by atoms with Gasteiger partial charge in [0.2, 0.25) is 0 Å². The lowest BCUT2D eigenvalue weighted by Gasteiger charge is -2.05. The van der Waals surface area contributed by atoms with E-state index in [1.807, 2.05) is 0 Å². The van der Waals surface area contributed by atoms with Gasteiger partial charge in [-0.25, -0.2) is 27.3 Å². The maximum atomic E-state index is 12.5. The molecule has 1 rings (SSSR count). The molecule has 1 heterocycles. The summed E-state index contributed by atoms with van der Waals surface area (Å²) in [4.78, 5) is 12.6. The fourth-order valence-corrected chi connectivity index (χ4v) is 2.17. The quantitative estimate of drug-likeness (QED) is 0.509. The number of halogens is 3. The first-order valence-electron chi connectivity index (χ1n) is 3.80. The summed E-state index contributed by atoms with van der Waals surface area (Å²) >= 11 is 2.54. The number of pyridine rings is 1. The third-order valence-corrected chi connectivity index (χ3v) is 3.07. The van der Waals surface area contributed by atoms with E-state index in [1.54, 1.807) is 0 Å². The molecular weight excluding hydrogens is 328 g/mol. The third kappa shape index (κ3) is 2.92. The van der Waals surface area contributed by atoms with Crippen LogP contribution in [0.1, 0.15) is 12.0 Å². The van der Waals surface area contributed by atoms with Gasteiger partial charge in [0.25, 0.3) is 22.1 Å². The van der Waals surface area contributed by atoms with Crippen molar-refractivity contribution in [3.05, 3.63) is 26.3 Å². The second-order valence-corrected chi connectivity index (χ2v) is 5.05. The minimum atomic E-state index is -4.31. The highest BCUT2D eigenvalue weighted by Crippen LogP contribution is 2.35. The van der Waals surface area contributed by atoms with Gasteiger partial charge in [0.1, 0.15) is 10.2 Å². The lowest BCUT2D eigenvalue weighted by molar-refractivity contribution is -0.386. The molecule has 0 amide bonds. The summed E-state index contributed by atoms with van der Waals surface area (Å²) < 4.78 is 46.3. The van der Waals surface area contributed by atoms with E-state index in [4.69, 9.17) is 5.14 Å². The number of hydrogen-bond donors (Lipinski definition) is 1. The Labute approximate surface area is 102 Å². The SMILES string of the molecule is NS(=O)(=O)c1cc([N+](=O)[O-])c(C(F)F)c(Br)n1. The van der Waals surface area contributed by atoms with E-state index in [1.165, 1.54) is 0 Å². The summed E-state index contributed by atoms with van der Waals surface area (Å²) in [5.74, 6) is 0. The molecule has 0 unspecified atom stereocenters. The average Bonchev–Trinajstić information content (AvgIpc) is 2.13. The molecule has 7 nitrogen and oxygen atoms in total. The van der Waals surface area contributed by atoms with Gasteiger partial charge in [-0.05, 0) is 15.9 Å². The van der Waals surface area contributed by atoms with Crippen LogP contribution in [0.15, 0.2) is 15.7 Å². The van der Waals surface area contributed by atoms with Gasteiger partial charge in [0, 0.05) is 0 Å². The molecule has 0 atom stereocenters. The topological polar surface area (TPSA) is 116 Å². The summed E-state index contributed by atoms with van der Waals surface area (Å²) in [6.45, 7) is 0. The molecule has 1 aromatic rings. The van der Waals surface area contributed by atoms with Gasteiger partial charge >= 0.3 is 0 Å². The molecule has 0 saturated carbocycles. The molecule has 0 fully saturated rings. The molecule has 0 aromatic carbocycles. The van der Waals surface area contributed by atoms with Crippen LogP contribution < -0.4 is 5.14 Å². The zero-order chi connectivity index (χ0) is 13.4. The fourth-order valence-electron chi connectivity index (χ4n) is 0.988. The Morgan fingerprint density at radius 1 is 1.53 bits per heavy atom. The molecule has 0 aliphatic heterocycles. The molecule has 94 valence electrons. The van der Waals surface area contributed by atoms with E-state index in [0.29, 0.717) is 6.07 Å². The highest BCUT2D eigenvalue weighted by Gasteiger charge is 2.29. The molecule has 0 saturated heterocycles. The molecule has 1 aromatic heterocycles. The molecule has 0 aliphatic rings. The van der Waals surface area contributed by atoms with Gasteiger partial charge in [0.15, 0.2) is 5.03 Å². The van der Waals surface area contributed by atoms with E-state index in [2.05, 4.69) is 20.9 Å². The lowest BCUT2D eigenvalue weighted by atomic mass is 10.2. The van der Waals surface area contributed by atoms with E-state index in [-0.39, 0.29) is 0 Å². The normalized spacial score (nSPS) is 11.8. The van der Waals surface area contributed by atoms with Crippen molar-refractivity contribution in [2.24, 2.45) is 5.14 Å². The van der Waals surface area contributed by atoms with Crippen molar-refractivity contribution in [1.29, 1.82) is 0 Å². The summed E-state index contributed by atoms with van der Waals surface area (Å²) in [6, 6.07) is 0.390. The highest BCUT2D eigenvalue weighted by molar-refractivity contribution is 9.10. The van der Waals surface area contributed by atoms with Crippen molar-refractivity contribution in [2.75, 3.05) is 0 Å². The van der Waals surface area contributed by atoms with Crippen molar-refractivity contribution in [3.8, 4) is 0 Å². The molecule has 0 aliphatic carbocycles. The van der Waals surface area contributed by atoms with Crippen molar-refractivity contribution >= 4 is 31.6 Å². The van der Waals surface area contributed by atoms with Crippen molar-refractivity contribution in [2.45, 2.75) is 11.5 Å². The Balaban J connectivity index is 3.64. The zero-order valence-corrected chi connectivity index (χ0v) is 10.2. The van der Waals surface area contributed by atoms with Gasteiger partial charge in [-0.15, -0.1) is 0 Å². The van der Waals surface area contributed by atoms with Gasteiger partial charge in [-0.1, -0.05) is 0 Å². The van der Waals surface area contributed by atoms with E-state index < -0.39 is 42.3 Å². The summed E-state index contributed by atoms with van der Waals surface area (Å²) in [6.07, 6.45) is -3.17. The Morgan fingerprint density at radius 2 is 2.06 bits per heavy atom. The van der Waals surface area contributed by atoms with Crippen LogP contribution >= 0.6 is 15.9 Å². The van der Waals surface area contributed by atoms with E-state index in [0.717, 1.165) is 0 Å². The van der Waals surface area contributed by atoms with Crippen molar-refractivity contribution in [1.82, 2.24) is 4.98 Å². The van der Waals surface area contributed by atoms with Crippen LogP contribution in [0.2, 0.25) is 0 Å². The number of nitro groups is 1. The largest absolute Gasteiger partial charge is 0.284 e. The van der Waals surface area contributed by atoms with Crippen molar-refractivity contribution in [3.63, 3.8) is 0 Å². The second-order valence-electron chi connectivity index (χ2n) is 2.79. The number of hydrogen-bond acceptors (Lipinski definition) is 5. The molecule has 0 spiro atoms. The van der Waals surface area contributed by atoms with Crippen LogP contribution in [0.5, 0.6) is 0 Å². The Bertz CT molecular complexity index is 577. The fraction of sp³-hybridized carbons (Fsp3) is 0.167. The number of sulfonamides is 1. The number of aromatic nitrogens is 1. The van der Waals surface area contributed by atoms with Crippen molar-refractivity contribution < 1.29 is 22.1 Å². The van der Waals surface area contributed by atoms with Crippen LogP contribution in [-0.2, 0) is 10.0 Å². The Kier molecular flexibility index (Phi) is 3.74. The molecule has 0 bridgehead atoms. The maximum Gasteiger partial charge on any atom is 0.284 e. The van der Waals surface area contributed by atoms with Gasteiger partial charge < -0.3 is 0 Å². The number of alkyl halides is 2. The first kappa shape index (κ1) is 13.9. The average molecular weight is 332 g/mol. The number of rotatable bonds is 3. The van der Waals surface area contributed by atoms with Crippen LogP contribution in [-0.4, -0.2) is 18.3 Å². The van der Waals surface area contributed by atoms with Gasteiger partial charge in [-0.3, -0.25) is 10.1 Å². The summed E-state index contributed by atoms with van der Waals surface area (Å²) in [5, 5.41) is 14.4. The summed E-state index contributed by atoms with van der Waals surface area (Å²) in [7, 11) is -4.31. The zero-order valence-electron chi connectivity index (χ0n) is 7.80. The monoisotopic (exact) mass is 331 g/mol. The van der Waals surface area contributed by atoms with E-state index in [9.17, 15) is 27.3 Å². The van der Waals surface area contributed by atoms with Crippen LogP contribution in [0.25, 0.3) is 0 Å². The molecule has 17 heavy (non-hydrogen) atoms. The standard InChI is InChI=1S/C6H4BrF2N3O4S/c7-5-4(6(8)9)2(12(13)14)1-3(11-5)17(10,15)16/h1,6H,(H2,10,15,16). The first-order valence-corrected chi connectivity index (χ1v) is 6.14. The van der Waals surface area contributed by atoms with Gasteiger partial charge in [-0.2, -0.15) is 0 Å². The van der Waals surface area contributed by atoms with E-state index >= 15 is 0 Å². The first-order chi connectivity index (χ1) is 7.64. The number of nitrogens with zero attached hydrogens (tertiary/aromatic N) is 2. The van der Waals surface area contributed by atoms with Crippen LogP contribution in [0.3, 0.4) is 0 Å². The lowest BCUT2D eigenvalue weighted by Crippen LogP contribution is -2.15. The third-order valence-electron chi connectivity index (χ3n) is 1.67. The minimum Gasteiger partial charge on any atom is -0.258 e. The molecular formula is C6H4BrF2N3O4S. The summed E-state index contributed by atoms with van der Waals surface area (Å²) in [5.41, 5.74) is -2.06. The van der Waals surface area contributed by atoms with Crippen LogP contribution in [0.4, 0.5) is 14.5 Å². The molecule has 2 N–H and O–H groups in total. The smallest absolute Gasteiger partial charge is 0.258 e. The highest BCUT2D eigenvalue weighted by atomic mass is 79.9. The number of primary sulfonamides is 1. The predicted octanol–water partition coefficient (Wildman–Crippen LogP) is 1.34. The van der Waals surface area contributed by atoms with Crippen LogP contribution in [0, 0.1) is 10.1 Å². The number of nitrogens with two attached hydrogens (primary N) is 1. The van der Waals surface area contributed by atoms with Gasteiger partial charge in [0.05, 0.1) is 11.0 Å². The molecule has 0 radical (unpaired) electrons.